The Morgan fingerprint density at radius 1 is 0.903 bits per heavy atom. The van der Waals surface area contributed by atoms with Crippen LogP contribution in [-0.2, 0) is 16.0 Å². The van der Waals surface area contributed by atoms with Gasteiger partial charge in [0.1, 0.15) is 17.5 Å². The Morgan fingerprint density at radius 3 is 2.13 bits per heavy atom. The molecule has 0 spiro atoms. The van der Waals surface area contributed by atoms with E-state index in [1.165, 1.54) is 31.4 Å². The van der Waals surface area contributed by atoms with Crippen molar-refractivity contribution in [1.29, 1.82) is 0 Å². The van der Waals surface area contributed by atoms with E-state index in [0.717, 1.165) is 5.56 Å². The molecule has 0 aromatic heterocycles. The summed E-state index contributed by atoms with van der Waals surface area (Å²) in [7, 11) is 1.26. The molecule has 0 saturated heterocycles. The second-order valence-corrected chi connectivity index (χ2v) is 7.18. The fourth-order valence-electron chi connectivity index (χ4n) is 3.72. The van der Waals surface area contributed by atoms with Gasteiger partial charge in [0.15, 0.2) is 11.6 Å². The first kappa shape index (κ1) is 20.2. The molecule has 0 fully saturated rings. The number of hydrogen-bond donors (Lipinski definition) is 3. The van der Waals surface area contributed by atoms with Crippen LogP contribution in [0.5, 0.6) is 11.5 Å². The van der Waals surface area contributed by atoms with Crippen LogP contribution in [0.1, 0.15) is 37.4 Å². The lowest BCUT2D eigenvalue weighted by molar-refractivity contribution is -0.141. The van der Waals surface area contributed by atoms with Crippen LogP contribution < -0.4 is 5.32 Å². The molecule has 31 heavy (non-hydrogen) atoms. The summed E-state index contributed by atoms with van der Waals surface area (Å²) < 4.78 is 4.90. The zero-order valence-electron chi connectivity index (χ0n) is 16.6. The first-order chi connectivity index (χ1) is 14.9. The van der Waals surface area contributed by atoms with Crippen LogP contribution in [0, 0.1) is 0 Å². The van der Waals surface area contributed by atoms with Gasteiger partial charge in [0, 0.05) is 23.2 Å². The minimum Gasteiger partial charge on any atom is -0.508 e. The van der Waals surface area contributed by atoms with Gasteiger partial charge in [0.25, 0.3) is 0 Å². The smallest absolute Gasteiger partial charge is 0.328 e. The van der Waals surface area contributed by atoms with Gasteiger partial charge in [0.05, 0.1) is 18.2 Å². The molecule has 0 aliphatic heterocycles. The third-order valence-electron chi connectivity index (χ3n) is 5.25. The summed E-state index contributed by atoms with van der Waals surface area (Å²) in [5.41, 5.74) is 1.38. The number of fused-ring (bicyclic) bond motifs is 2. The molecule has 3 aromatic carbocycles. The van der Waals surface area contributed by atoms with Gasteiger partial charge in [-0.05, 0) is 29.8 Å². The molecule has 156 valence electrons. The van der Waals surface area contributed by atoms with Crippen LogP contribution >= 0.6 is 0 Å². The average Bonchev–Trinajstić information content (AvgIpc) is 2.78. The maximum Gasteiger partial charge on any atom is 0.328 e. The number of benzene rings is 3. The van der Waals surface area contributed by atoms with E-state index in [2.05, 4.69) is 5.32 Å². The Hall–Kier alpha value is -4.13. The number of ketones is 2. The number of carbonyl (C=O) groups is 3. The molecule has 1 aliphatic carbocycles. The van der Waals surface area contributed by atoms with Crippen molar-refractivity contribution in [2.45, 2.75) is 12.5 Å². The second-order valence-electron chi connectivity index (χ2n) is 7.18. The van der Waals surface area contributed by atoms with E-state index in [1.54, 1.807) is 36.4 Å². The summed E-state index contributed by atoms with van der Waals surface area (Å²) in [6, 6.07) is 14.7. The number of aromatic hydroxyl groups is 2. The first-order valence-corrected chi connectivity index (χ1v) is 9.57. The summed E-state index contributed by atoms with van der Waals surface area (Å²) in [6.45, 7) is 0. The van der Waals surface area contributed by atoms with Gasteiger partial charge in [-0.3, -0.25) is 9.59 Å². The summed E-state index contributed by atoms with van der Waals surface area (Å²) >= 11 is 0. The molecule has 1 aliphatic rings. The van der Waals surface area contributed by atoms with Crippen molar-refractivity contribution in [2.24, 2.45) is 0 Å². The summed E-state index contributed by atoms with van der Waals surface area (Å²) in [4.78, 5) is 38.6. The van der Waals surface area contributed by atoms with Crippen molar-refractivity contribution in [3.05, 3.63) is 88.5 Å². The molecule has 0 amide bonds. The highest BCUT2D eigenvalue weighted by molar-refractivity contribution is 6.31. The number of ether oxygens (including phenoxy) is 1. The van der Waals surface area contributed by atoms with E-state index in [1.807, 2.05) is 0 Å². The van der Waals surface area contributed by atoms with Crippen molar-refractivity contribution < 1.29 is 29.3 Å². The number of anilines is 1. The van der Waals surface area contributed by atoms with E-state index >= 15 is 0 Å². The summed E-state index contributed by atoms with van der Waals surface area (Å²) in [5, 5.41) is 22.8. The monoisotopic (exact) mass is 417 g/mol. The van der Waals surface area contributed by atoms with E-state index in [-0.39, 0.29) is 45.9 Å². The van der Waals surface area contributed by atoms with Gasteiger partial charge in [-0.15, -0.1) is 0 Å². The minimum atomic E-state index is -0.872. The van der Waals surface area contributed by atoms with Crippen molar-refractivity contribution in [1.82, 2.24) is 0 Å². The normalized spacial score (nSPS) is 13.2. The van der Waals surface area contributed by atoms with E-state index in [4.69, 9.17) is 4.74 Å². The van der Waals surface area contributed by atoms with Crippen LogP contribution in [0.25, 0.3) is 0 Å². The highest BCUT2D eigenvalue weighted by Gasteiger charge is 2.35. The van der Waals surface area contributed by atoms with Gasteiger partial charge in [-0.25, -0.2) is 4.79 Å². The number of methoxy groups -OCH3 is 1. The maximum atomic E-state index is 13.2. The third kappa shape index (κ3) is 3.61. The fraction of sp³-hybridized carbons (Fsp3) is 0.125. The van der Waals surface area contributed by atoms with Crippen molar-refractivity contribution in [3.63, 3.8) is 0 Å². The Kier molecular flexibility index (Phi) is 5.17. The Morgan fingerprint density at radius 2 is 1.52 bits per heavy atom. The van der Waals surface area contributed by atoms with Crippen molar-refractivity contribution in [3.8, 4) is 11.5 Å². The van der Waals surface area contributed by atoms with Crippen molar-refractivity contribution in [2.75, 3.05) is 12.4 Å². The molecule has 0 radical (unpaired) electrons. The second kappa shape index (κ2) is 7.95. The van der Waals surface area contributed by atoms with Gasteiger partial charge in [0.2, 0.25) is 0 Å². The molecule has 7 nitrogen and oxygen atoms in total. The molecule has 1 atom stereocenters. The van der Waals surface area contributed by atoms with Crippen LogP contribution in [0.4, 0.5) is 5.69 Å². The topological polar surface area (TPSA) is 113 Å². The van der Waals surface area contributed by atoms with Gasteiger partial charge in [-0.2, -0.15) is 0 Å². The molecule has 7 heteroatoms. The van der Waals surface area contributed by atoms with Gasteiger partial charge >= 0.3 is 5.97 Å². The van der Waals surface area contributed by atoms with Crippen molar-refractivity contribution >= 4 is 23.2 Å². The molecular weight excluding hydrogens is 398 g/mol. The molecule has 0 heterocycles. The molecule has 3 N–H and O–H groups in total. The number of phenolic OH excluding ortho intramolecular Hbond substituents is 2. The number of hydrogen-bond acceptors (Lipinski definition) is 7. The number of rotatable bonds is 5. The average molecular weight is 417 g/mol. The Bertz CT molecular complexity index is 1200. The van der Waals surface area contributed by atoms with Gasteiger partial charge < -0.3 is 20.3 Å². The first-order valence-electron chi connectivity index (χ1n) is 9.57. The molecule has 0 unspecified atom stereocenters. The molecule has 4 rings (SSSR count). The quantitative estimate of drug-likeness (QED) is 0.338. The van der Waals surface area contributed by atoms with E-state index in [9.17, 15) is 24.6 Å². The lowest BCUT2D eigenvalue weighted by Gasteiger charge is -2.24. The van der Waals surface area contributed by atoms with E-state index in [0.29, 0.717) is 0 Å². The zero-order valence-corrected chi connectivity index (χ0v) is 16.6. The highest BCUT2D eigenvalue weighted by Crippen LogP contribution is 2.37. The van der Waals surface area contributed by atoms with Crippen LogP contribution in [-0.4, -0.2) is 40.9 Å². The Labute approximate surface area is 177 Å². The Balaban J connectivity index is 1.75. The molecular formula is C24H19NO6. The number of carbonyl (C=O) groups excluding carboxylic acids is 3. The summed E-state index contributed by atoms with van der Waals surface area (Å²) in [6.07, 6.45) is 0.210. The predicted molar refractivity (Wildman–Crippen MR) is 113 cm³/mol. The number of phenols is 2. The number of esters is 1. The minimum absolute atomic E-state index is 0.0170. The number of nitrogens with one attached hydrogen (secondary N) is 1. The van der Waals surface area contributed by atoms with Crippen LogP contribution in [0.15, 0.2) is 60.7 Å². The van der Waals surface area contributed by atoms with Gasteiger partial charge in [-0.1, -0.05) is 36.4 Å². The summed E-state index contributed by atoms with van der Waals surface area (Å²) in [5.74, 6) is -1.65. The highest BCUT2D eigenvalue weighted by atomic mass is 16.5. The maximum absolute atomic E-state index is 13.2. The molecule has 3 aromatic rings. The SMILES string of the molecule is COC(=O)[C@@H](Cc1ccc(O)cc1)Nc1ccc(O)c2c1C(=O)c1ccccc1C2=O. The molecule has 0 saturated carbocycles. The van der Waals surface area contributed by atoms with Crippen LogP contribution in [0.3, 0.4) is 0 Å². The largest absolute Gasteiger partial charge is 0.508 e. The fourth-order valence-corrected chi connectivity index (χ4v) is 3.72. The van der Waals surface area contributed by atoms with Crippen LogP contribution in [0.2, 0.25) is 0 Å². The zero-order chi connectivity index (χ0) is 22.1. The third-order valence-corrected chi connectivity index (χ3v) is 5.25. The lowest BCUT2D eigenvalue weighted by atomic mass is 9.82. The standard InChI is InChI=1S/C24H19NO6/c1-31-24(30)18(12-13-6-8-14(26)9-7-13)25-17-10-11-19(27)21-20(17)22(28)15-4-2-3-5-16(15)23(21)29/h2-11,18,25-27H,12H2,1H3/t18-/m1/s1. The van der Waals surface area contributed by atoms with E-state index < -0.39 is 23.6 Å². The molecule has 0 bridgehead atoms. The predicted octanol–water partition coefficient (Wildman–Crippen LogP) is 3.07. The lowest BCUT2D eigenvalue weighted by Crippen LogP contribution is -2.34.